The van der Waals surface area contributed by atoms with Gasteiger partial charge in [0.15, 0.2) is 5.82 Å². The van der Waals surface area contributed by atoms with Crippen LogP contribution in [-0.2, 0) is 0 Å². The van der Waals surface area contributed by atoms with Crippen molar-refractivity contribution in [3.63, 3.8) is 0 Å². The number of likely N-dealkylation sites (N-methyl/N-ethyl adjacent to an activating group) is 1. The number of carboxylic acids is 1. The summed E-state index contributed by atoms with van der Waals surface area (Å²) >= 11 is 0. The summed E-state index contributed by atoms with van der Waals surface area (Å²) in [5, 5.41) is 34.7. The molecule has 2 aliphatic rings. The highest BCUT2D eigenvalue weighted by molar-refractivity contribution is 5.97. The molecule has 0 aliphatic carbocycles. The zero-order valence-corrected chi connectivity index (χ0v) is 15.5. The molecule has 150 valence electrons. The van der Waals surface area contributed by atoms with Crippen LogP contribution in [0.2, 0.25) is 0 Å². The Morgan fingerprint density at radius 2 is 1.96 bits per heavy atom. The second-order valence-corrected chi connectivity index (χ2v) is 7.76. The van der Waals surface area contributed by atoms with Crippen LogP contribution in [0.1, 0.15) is 23.3 Å². The number of aromatic carboxylic acids is 1. The van der Waals surface area contributed by atoms with Crippen molar-refractivity contribution >= 4 is 22.6 Å². The molecule has 1 saturated heterocycles. The fourth-order valence-corrected chi connectivity index (χ4v) is 3.94. The Labute approximate surface area is 159 Å². The molecule has 10 heteroatoms. The average molecular weight is 393 g/mol. The van der Waals surface area contributed by atoms with Crippen molar-refractivity contribution in [2.24, 2.45) is 0 Å². The van der Waals surface area contributed by atoms with E-state index in [1.54, 1.807) is 11.5 Å². The molecule has 2 aromatic rings. The largest absolute Gasteiger partial charge is 0.633 e. The second kappa shape index (κ2) is 5.98. The molecule has 0 unspecified atom stereocenters. The highest BCUT2D eigenvalue weighted by Gasteiger charge is 2.39. The number of benzene rings is 1. The van der Waals surface area contributed by atoms with Gasteiger partial charge in [-0.1, -0.05) is 0 Å². The zero-order valence-electron chi connectivity index (χ0n) is 15.5. The third-order valence-electron chi connectivity index (χ3n) is 5.65. The van der Waals surface area contributed by atoms with Crippen LogP contribution >= 0.6 is 0 Å². The van der Waals surface area contributed by atoms with Crippen LogP contribution in [0.25, 0.3) is 10.9 Å². The van der Waals surface area contributed by atoms with Crippen molar-refractivity contribution < 1.29 is 23.7 Å². The Morgan fingerprint density at radius 3 is 2.57 bits per heavy atom. The van der Waals surface area contributed by atoms with Crippen LogP contribution in [0.15, 0.2) is 17.1 Å². The number of piperazine rings is 1. The predicted molar refractivity (Wildman–Crippen MR) is 99.5 cm³/mol. The molecular weight excluding hydrogens is 373 g/mol. The lowest BCUT2D eigenvalue weighted by Gasteiger charge is -2.52. The molecule has 0 radical (unpaired) electrons. The molecule has 0 bridgehead atoms. The summed E-state index contributed by atoms with van der Waals surface area (Å²) in [6, 6.07) is 0.605. The van der Waals surface area contributed by atoms with Crippen LogP contribution in [0.5, 0.6) is 5.75 Å². The minimum Gasteiger partial charge on any atom is -0.633 e. The molecule has 4 rings (SSSR count). The highest BCUT2D eigenvalue weighted by atomic mass is 19.1. The van der Waals surface area contributed by atoms with Crippen LogP contribution in [0.3, 0.4) is 0 Å². The van der Waals surface area contributed by atoms with Crippen molar-refractivity contribution in [1.29, 1.82) is 0 Å². The third-order valence-corrected chi connectivity index (χ3v) is 5.65. The first-order valence-corrected chi connectivity index (χ1v) is 8.96. The monoisotopic (exact) mass is 393 g/mol. The fraction of sp³-hybridized carbons (Fsp3) is 0.444. The molecule has 28 heavy (non-hydrogen) atoms. The number of rotatable bonds is 2. The topological polar surface area (TPSA) is 115 Å². The number of quaternary nitrogens is 2. The van der Waals surface area contributed by atoms with Gasteiger partial charge in [0.2, 0.25) is 16.9 Å². The maximum Gasteiger partial charge on any atom is 0.341 e. The molecule has 3 heterocycles. The minimum absolute atomic E-state index is 0.0293. The Bertz CT molecular complexity index is 1050. The quantitative estimate of drug-likeness (QED) is 0.612. The van der Waals surface area contributed by atoms with Gasteiger partial charge in [-0.15, -0.1) is 0 Å². The van der Waals surface area contributed by atoms with Gasteiger partial charge < -0.3 is 34.1 Å². The van der Waals surface area contributed by atoms with Gasteiger partial charge in [0.25, 0.3) is 0 Å². The molecule has 0 amide bonds. The Hall–Kier alpha value is -2.53. The lowest BCUT2D eigenvalue weighted by atomic mass is 10.0. The van der Waals surface area contributed by atoms with E-state index in [-0.39, 0.29) is 61.2 Å². The van der Waals surface area contributed by atoms with E-state index in [0.29, 0.717) is 0 Å². The standard InChI is InChI=1S/C18H20FN3O6/c1-10-9-28-17-14-11(16(23)12(18(24)25)8-20(10)14)7-13(19)15(17)22(27)5-3-21(2,26)4-6-22/h7-8,10H,3-6,9H2,1-2H3,(H,24,25)/t10-,21?,22?/m0/s1. The van der Waals surface area contributed by atoms with E-state index in [0.717, 1.165) is 6.07 Å². The summed E-state index contributed by atoms with van der Waals surface area (Å²) in [6.45, 7) is 1.68. The van der Waals surface area contributed by atoms with E-state index in [4.69, 9.17) is 4.74 Å². The first kappa shape index (κ1) is 18.8. The first-order chi connectivity index (χ1) is 13.0. The number of halogens is 1. The highest BCUT2D eigenvalue weighted by Crippen LogP contribution is 2.44. The van der Waals surface area contributed by atoms with Gasteiger partial charge in [0, 0.05) is 6.20 Å². The summed E-state index contributed by atoms with van der Waals surface area (Å²) in [5.74, 6) is -2.38. The predicted octanol–water partition coefficient (Wildman–Crippen LogP) is 1.56. The smallest absolute Gasteiger partial charge is 0.341 e. The van der Waals surface area contributed by atoms with E-state index in [2.05, 4.69) is 0 Å². The van der Waals surface area contributed by atoms with Gasteiger partial charge in [-0.3, -0.25) is 4.79 Å². The van der Waals surface area contributed by atoms with Crippen molar-refractivity contribution in [2.75, 3.05) is 39.8 Å². The van der Waals surface area contributed by atoms with Crippen molar-refractivity contribution in [1.82, 2.24) is 9.21 Å². The van der Waals surface area contributed by atoms with Crippen LogP contribution in [0.4, 0.5) is 10.1 Å². The molecule has 1 aromatic carbocycles. The summed E-state index contributed by atoms with van der Waals surface area (Å²) in [5.41, 5.74) is -1.33. The summed E-state index contributed by atoms with van der Waals surface area (Å²) in [4.78, 5) is 24.0. The van der Waals surface area contributed by atoms with Gasteiger partial charge in [-0.2, -0.15) is 0 Å². The lowest BCUT2D eigenvalue weighted by Crippen LogP contribution is -2.62. The maximum absolute atomic E-state index is 15.1. The molecule has 0 saturated carbocycles. The van der Waals surface area contributed by atoms with Crippen LogP contribution in [0, 0.1) is 16.2 Å². The molecule has 9 nitrogen and oxygen atoms in total. The van der Waals surface area contributed by atoms with Gasteiger partial charge in [-0.05, 0) is 13.0 Å². The second-order valence-electron chi connectivity index (χ2n) is 7.76. The molecule has 1 atom stereocenters. The fourth-order valence-electron chi connectivity index (χ4n) is 3.94. The minimum atomic E-state index is -1.41. The number of pyridine rings is 1. The van der Waals surface area contributed by atoms with E-state index < -0.39 is 32.1 Å². The van der Waals surface area contributed by atoms with Crippen molar-refractivity contribution in [2.45, 2.75) is 13.0 Å². The molecule has 1 aromatic heterocycles. The number of aromatic nitrogens is 1. The Kier molecular flexibility index (Phi) is 4.02. The average Bonchev–Trinajstić information content (AvgIpc) is 2.62. The van der Waals surface area contributed by atoms with E-state index in [9.17, 15) is 25.1 Å². The zero-order chi connectivity index (χ0) is 20.4. The summed E-state index contributed by atoms with van der Waals surface area (Å²) in [7, 11) is 1.47. The van der Waals surface area contributed by atoms with Gasteiger partial charge in [0.1, 0.15) is 43.9 Å². The summed E-state index contributed by atoms with van der Waals surface area (Å²) in [6.07, 6.45) is 1.21. The number of hydrogen-bond acceptors (Lipinski definition) is 5. The van der Waals surface area contributed by atoms with Crippen molar-refractivity contribution in [3.8, 4) is 5.75 Å². The molecule has 2 aliphatic heterocycles. The number of carbonyl (C=O) groups is 1. The molecule has 0 spiro atoms. The number of carboxylic acid groups (broad SMARTS) is 1. The number of ether oxygens (including phenoxy) is 1. The molecule has 1 fully saturated rings. The van der Waals surface area contributed by atoms with Crippen molar-refractivity contribution in [3.05, 3.63) is 44.3 Å². The SMILES string of the molecule is C[C@H]1COc2c([N+]3([O-])CC[N+](C)([O-])CC3)c(F)cc3c(=O)c(C(=O)O)cn1c23. The third kappa shape index (κ3) is 2.68. The van der Waals surface area contributed by atoms with Gasteiger partial charge >= 0.3 is 5.97 Å². The molecular formula is C18H20FN3O6. The Balaban J connectivity index is 2.02. The number of hydrogen-bond donors (Lipinski definition) is 1. The lowest BCUT2D eigenvalue weighted by molar-refractivity contribution is -0.864. The van der Waals surface area contributed by atoms with Gasteiger partial charge in [-0.25, -0.2) is 9.18 Å². The van der Waals surface area contributed by atoms with Gasteiger partial charge in [0.05, 0.1) is 18.5 Å². The summed E-state index contributed by atoms with van der Waals surface area (Å²) < 4.78 is 20.7. The van der Waals surface area contributed by atoms with E-state index in [1.165, 1.54) is 13.2 Å². The normalized spacial score (nSPS) is 29.5. The van der Waals surface area contributed by atoms with Crippen LogP contribution in [-0.4, -0.2) is 60.1 Å². The molecule has 1 N–H and O–H groups in total. The maximum atomic E-state index is 15.1. The number of hydroxylamine groups is 5. The number of nitrogens with zero attached hydrogens (tertiary/aromatic N) is 3. The van der Waals surface area contributed by atoms with Crippen LogP contribution < -0.4 is 14.8 Å². The first-order valence-electron chi connectivity index (χ1n) is 8.96. The van der Waals surface area contributed by atoms with E-state index in [1.807, 2.05) is 0 Å². The Morgan fingerprint density at radius 1 is 1.32 bits per heavy atom. The van der Waals surface area contributed by atoms with E-state index >= 15 is 4.39 Å².